The van der Waals surface area contributed by atoms with Crippen molar-refractivity contribution in [2.75, 3.05) is 11.6 Å². The van der Waals surface area contributed by atoms with Gasteiger partial charge < -0.3 is 15.4 Å². The molecule has 0 aliphatic heterocycles. The monoisotopic (exact) mass is 653 g/mol. The first kappa shape index (κ1) is 30.0. The summed E-state index contributed by atoms with van der Waals surface area (Å²) in [4.78, 5) is 20.6. The largest absolute Gasteiger partial charge is 0.369 e. The summed E-state index contributed by atoms with van der Waals surface area (Å²) >= 11 is 0. The summed E-state index contributed by atoms with van der Waals surface area (Å²) in [5.41, 5.74) is 4.16. The van der Waals surface area contributed by atoms with Gasteiger partial charge in [-0.1, -0.05) is 30.3 Å². The summed E-state index contributed by atoms with van der Waals surface area (Å²) in [5, 5.41) is 20.6. The number of hydrogen-bond acceptors (Lipinski definition) is 9. The maximum Gasteiger partial charge on any atom is 0.209 e. The molecule has 0 radical (unpaired) electrons. The van der Waals surface area contributed by atoms with E-state index in [-0.39, 0.29) is 40.3 Å². The van der Waals surface area contributed by atoms with E-state index in [2.05, 4.69) is 45.2 Å². The molecule has 12 nitrogen and oxygen atoms in total. The molecule has 5 N–H and O–H groups in total. The van der Waals surface area contributed by atoms with E-state index in [9.17, 15) is 17.9 Å². The molecule has 0 aliphatic carbocycles. The van der Waals surface area contributed by atoms with E-state index in [1.54, 1.807) is 30.3 Å². The normalized spacial score (nSPS) is 12.5. The third kappa shape index (κ3) is 6.14. The molecular formula is C32H25F2N9O3S. The van der Waals surface area contributed by atoms with Crippen molar-refractivity contribution in [1.29, 1.82) is 0 Å². The zero-order valence-electron chi connectivity index (χ0n) is 24.5. The van der Waals surface area contributed by atoms with Crippen LogP contribution in [-0.2, 0) is 16.6 Å². The average molecular weight is 654 g/mol. The molecule has 15 heteroatoms. The van der Waals surface area contributed by atoms with Gasteiger partial charge >= 0.3 is 0 Å². The van der Waals surface area contributed by atoms with Crippen LogP contribution in [0.3, 0.4) is 0 Å². The van der Waals surface area contributed by atoms with Gasteiger partial charge in [0.2, 0.25) is 10.0 Å². The number of rotatable bonds is 9. The van der Waals surface area contributed by atoms with Gasteiger partial charge in [0.05, 0.1) is 29.0 Å². The molecular weight excluding hydrogens is 628 g/mol. The fraction of sp³-hybridized carbons (Fsp3) is 0.0938. The quantitative estimate of drug-likeness (QED) is 0.134. The molecule has 0 aliphatic rings. The summed E-state index contributed by atoms with van der Waals surface area (Å²) in [6, 6.07) is 16.6. The summed E-state index contributed by atoms with van der Waals surface area (Å²) in [5.74, 6) is -0.959. The Bertz CT molecular complexity index is 2380. The van der Waals surface area contributed by atoms with Crippen LogP contribution in [0.15, 0.2) is 85.5 Å². The number of nitrogens with one attached hydrogen (secondary N) is 4. The first-order valence-corrected chi connectivity index (χ1v) is 16.1. The minimum absolute atomic E-state index is 0.0747. The lowest BCUT2D eigenvalue weighted by molar-refractivity contribution is 0.208. The molecule has 5 aromatic heterocycles. The van der Waals surface area contributed by atoms with Gasteiger partial charge in [0.25, 0.3) is 0 Å². The Hall–Kier alpha value is -5.64. The van der Waals surface area contributed by atoms with Gasteiger partial charge in [0, 0.05) is 47.4 Å². The number of anilines is 1. The summed E-state index contributed by atoms with van der Waals surface area (Å²) in [7, 11) is -3.49. The van der Waals surface area contributed by atoms with Crippen LogP contribution in [0.1, 0.15) is 17.4 Å². The van der Waals surface area contributed by atoms with Gasteiger partial charge in [-0.2, -0.15) is 5.10 Å². The number of benzene rings is 2. The second-order valence-corrected chi connectivity index (χ2v) is 12.6. The lowest BCUT2D eigenvalue weighted by atomic mass is 10.0. The number of nitrogens with zero attached hydrogens (tertiary/aromatic N) is 5. The van der Waals surface area contributed by atoms with Crippen molar-refractivity contribution in [3.05, 3.63) is 108 Å². The number of aliphatic hydroxyl groups excluding tert-OH is 1. The van der Waals surface area contributed by atoms with Gasteiger partial charge in [-0.3, -0.25) is 10.1 Å². The molecule has 5 heterocycles. The lowest BCUT2D eigenvalue weighted by Gasteiger charge is -2.15. The van der Waals surface area contributed by atoms with E-state index in [0.717, 1.165) is 6.26 Å². The second kappa shape index (κ2) is 11.9. The van der Waals surface area contributed by atoms with Gasteiger partial charge in [0.15, 0.2) is 23.3 Å². The van der Waals surface area contributed by atoms with E-state index in [1.165, 1.54) is 36.9 Å². The SMILES string of the molecule is CS(=O)(=O)NCc1cc(F)cc(-c2ccnc3nc(-c4[nH]nc5ncc(-c6cncc(NC(O)c7ccccc7)c6)c(F)c45)[nH]c23)c1. The van der Waals surface area contributed by atoms with Crippen molar-refractivity contribution >= 4 is 37.9 Å². The van der Waals surface area contributed by atoms with E-state index in [0.29, 0.717) is 39.0 Å². The summed E-state index contributed by atoms with van der Waals surface area (Å²) < 4.78 is 56.4. The average Bonchev–Trinajstić information content (AvgIpc) is 3.69. The van der Waals surface area contributed by atoms with Crippen molar-refractivity contribution in [2.45, 2.75) is 12.8 Å². The summed E-state index contributed by atoms with van der Waals surface area (Å²) in [6.07, 6.45) is 5.89. The van der Waals surface area contributed by atoms with E-state index in [1.807, 2.05) is 18.2 Å². The highest BCUT2D eigenvalue weighted by atomic mass is 32.2. The summed E-state index contributed by atoms with van der Waals surface area (Å²) in [6.45, 7) is -0.0944. The number of imidazole rings is 1. The van der Waals surface area contributed by atoms with Crippen molar-refractivity contribution in [1.82, 2.24) is 39.8 Å². The zero-order chi connectivity index (χ0) is 32.7. The van der Waals surface area contributed by atoms with Crippen LogP contribution in [0.2, 0.25) is 0 Å². The number of aromatic amines is 2. The minimum Gasteiger partial charge on any atom is -0.369 e. The standard InChI is InChI=1S/C32H25F2N9O3S/c1-47(45,46)38-13-17-9-19(11-21(33)10-17)23-7-8-36-30-27(23)40-31(41-30)28-25-26(34)24(16-37-29(25)43-42-28)20-12-22(15-35-14-20)39-32(44)18-5-3-2-4-6-18/h2-12,14-16,32,38-39,44H,13H2,1H3,(H,36,40,41)(H,37,42,43). The van der Waals surface area contributed by atoms with E-state index in [4.69, 9.17) is 0 Å². The molecule has 0 bridgehead atoms. The second-order valence-electron chi connectivity index (χ2n) is 10.8. The highest BCUT2D eigenvalue weighted by Crippen LogP contribution is 2.35. The maximum atomic E-state index is 16.3. The van der Waals surface area contributed by atoms with Crippen LogP contribution in [0.25, 0.3) is 56.0 Å². The molecule has 1 unspecified atom stereocenters. The minimum atomic E-state index is -3.49. The topological polar surface area (TPSA) is 174 Å². The van der Waals surface area contributed by atoms with Crippen molar-refractivity contribution in [2.24, 2.45) is 0 Å². The smallest absolute Gasteiger partial charge is 0.209 e. The predicted molar refractivity (Wildman–Crippen MR) is 172 cm³/mol. The van der Waals surface area contributed by atoms with Gasteiger partial charge in [-0.05, 0) is 41.5 Å². The number of aliphatic hydroxyl groups is 1. The van der Waals surface area contributed by atoms with Crippen molar-refractivity contribution in [3.63, 3.8) is 0 Å². The van der Waals surface area contributed by atoms with Crippen LogP contribution in [0, 0.1) is 11.6 Å². The number of halogens is 2. The molecule has 0 amide bonds. The lowest BCUT2D eigenvalue weighted by Crippen LogP contribution is -2.21. The highest BCUT2D eigenvalue weighted by molar-refractivity contribution is 7.88. The number of sulfonamides is 1. The third-order valence-corrected chi connectivity index (χ3v) is 8.09. The Morgan fingerprint density at radius 2 is 1.77 bits per heavy atom. The van der Waals surface area contributed by atoms with Gasteiger partial charge in [-0.15, -0.1) is 0 Å². The molecule has 0 saturated heterocycles. The molecule has 7 rings (SSSR count). The van der Waals surface area contributed by atoms with Crippen LogP contribution < -0.4 is 10.0 Å². The Labute approximate surface area is 266 Å². The number of hydrogen-bond donors (Lipinski definition) is 5. The molecule has 236 valence electrons. The predicted octanol–water partition coefficient (Wildman–Crippen LogP) is 5.06. The van der Waals surface area contributed by atoms with Crippen molar-refractivity contribution < 1.29 is 22.3 Å². The third-order valence-electron chi connectivity index (χ3n) is 7.42. The number of aromatic nitrogens is 7. The first-order valence-electron chi connectivity index (χ1n) is 14.2. The molecule has 7 aromatic rings. The number of H-pyrrole nitrogens is 2. The van der Waals surface area contributed by atoms with Gasteiger partial charge in [-0.25, -0.2) is 36.9 Å². The molecule has 0 spiro atoms. The van der Waals surface area contributed by atoms with E-state index >= 15 is 4.39 Å². The van der Waals surface area contributed by atoms with Crippen LogP contribution in [0.5, 0.6) is 0 Å². The van der Waals surface area contributed by atoms with Gasteiger partial charge in [0.1, 0.15) is 17.3 Å². The Morgan fingerprint density at radius 1 is 0.936 bits per heavy atom. The van der Waals surface area contributed by atoms with Crippen LogP contribution in [0.4, 0.5) is 14.5 Å². The van der Waals surface area contributed by atoms with Crippen LogP contribution >= 0.6 is 0 Å². The highest BCUT2D eigenvalue weighted by Gasteiger charge is 2.22. The fourth-order valence-electron chi connectivity index (χ4n) is 5.26. The van der Waals surface area contributed by atoms with E-state index < -0.39 is 27.9 Å². The zero-order valence-corrected chi connectivity index (χ0v) is 25.3. The van der Waals surface area contributed by atoms with Crippen LogP contribution in [-0.4, -0.2) is 54.9 Å². The molecule has 47 heavy (non-hydrogen) atoms. The maximum absolute atomic E-state index is 16.3. The molecule has 0 fully saturated rings. The van der Waals surface area contributed by atoms with Crippen molar-refractivity contribution in [3.8, 4) is 33.8 Å². The fourth-order valence-corrected chi connectivity index (χ4v) is 5.69. The Kier molecular flexibility index (Phi) is 7.63. The number of fused-ring (bicyclic) bond motifs is 2. The first-order chi connectivity index (χ1) is 22.6. The Morgan fingerprint density at radius 3 is 2.57 bits per heavy atom. The number of pyridine rings is 3. The Balaban J connectivity index is 1.25. The molecule has 2 aromatic carbocycles. The molecule has 0 saturated carbocycles. The molecule has 1 atom stereocenters.